The van der Waals surface area contributed by atoms with Crippen LogP contribution in [0, 0.1) is 0 Å². The molecule has 1 aliphatic heterocycles. The fraction of sp³-hybridized carbons (Fsp3) is 0.333. The number of piperidine rings is 1. The van der Waals surface area contributed by atoms with Crippen LogP contribution in [0.1, 0.15) is 36.1 Å². The summed E-state index contributed by atoms with van der Waals surface area (Å²) in [6, 6.07) is 14.4. The molecule has 1 fully saturated rings. The second-order valence-corrected chi connectivity index (χ2v) is 7.21. The number of nitrogens with one attached hydrogen (secondary N) is 2. The van der Waals surface area contributed by atoms with Crippen molar-refractivity contribution in [2.45, 2.75) is 31.0 Å². The van der Waals surface area contributed by atoms with Crippen LogP contribution < -0.4 is 15.4 Å². The standard InChI is InChI=1S/C21H24N6O3.2ClH/c1-30-18-10-9-15(27-13-23-25-26-27)12-16(18)20(21(28)29)24-17-8-5-11-22-19(17)14-6-3-2-4-7-14;;/h2-4,6-7,9-10,12-13,17,19-20,22,24H,5,8,11H2,1H3,(H,28,29);2*1H. The van der Waals surface area contributed by atoms with E-state index in [4.69, 9.17) is 4.74 Å². The van der Waals surface area contributed by atoms with Crippen molar-refractivity contribution in [3.8, 4) is 11.4 Å². The van der Waals surface area contributed by atoms with Gasteiger partial charge in [-0.2, -0.15) is 0 Å². The molecule has 9 nitrogen and oxygen atoms in total. The fourth-order valence-electron chi connectivity index (χ4n) is 3.96. The zero-order valence-corrected chi connectivity index (χ0v) is 19.1. The molecular formula is C21H26Cl2N6O3. The summed E-state index contributed by atoms with van der Waals surface area (Å²) in [5, 5.41) is 28.2. The maximum absolute atomic E-state index is 12.3. The van der Waals surface area contributed by atoms with E-state index in [1.807, 2.05) is 18.2 Å². The third-order valence-electron chi connectivity index (χ3n) is 5.38. The third kappa shape index (κ3) is 5.55. The number of nitrogens with zero attached hydrogens (tertiary/aromatic N) is 4. The van der Waals surface area contributed by atoms with E-state index in [-0.39, 0.29) is 36.9 Å². The zero-order valence-electron chi connectivity index (χ0n) is 17.4. The zero-order chi connectivity index (χ0) is 20.9. The molecular weight excluding hydrogens is 455 g/mol. The summed E-state index contributed by atoms with van der Waals surface area (Å²) in [6.45, 7) is 0.896. The van der Waals surface area contributed by atoms with Gasteiger partial charge in [-0.3, -0.25) is 10.1 Å². The highest BCUT2D eigenvalue weighted by molar-refractivity contribution is 5.85. The highest BCUT2D eigenvalue weighted by atomic mass is 35.5. The second-order valence-electron chi connectivity index (χ2n) is 7.21. The Labute approximate surface area is 198 Å². The molecule has 1 aliphatic rings. The molecule has 1 saturated heterocycles. The minimum Gasteiger partial charge on any atom is -0.496 e. The number of aliphatic carboxylic acids is 1. The summed E-state index contributed by atoms with van der Waals surface area (Å²) in [5.41, 5.74) is 2.31. The molecule has 0 radical (unpaired) electrons. The van der Waals surface area contributed by atoms with Gasteiger partial charge in [-0.25, -0.2) is 4.68 Å². The van der Waals surface area contributed by atoms with Crippen molar-refractivity contribution in [2.24, 2.45) is 0 Å². The first-order chi connectivity index (χ1) is 14.7. The molecule has 11 heteroatoms. The van der Waals surface area contributed by atoms with E-state index in [1.165, 1.54) is 18.1 Å². The number of aromatic nitrogens is 4. The van der Waals surface area contributed by atoms with E-state index < -0.39 is 12.0 Å². The van der Waals surface area contributed by atoms with E-state index in [2.05, 4.69) is 38.3 Å². The lowest BCUT2D eigenvalue weighted by Crippen LogP contribution is -2.48. The summed E-state index contributed by atoms with van der Waals surface area (Å²) in [5.74, 6) is -0.480. The number of halogens is 2. The van der Waals surface area contributed by atoms with Gasteiger partial charge in [0.25, 0.3) is 0 Å². The first kappa shape index (κ1) is 25.5. The first-order valence-corrected chi connectivity index (χ1v) is 9.86. The van der Waals surface area contributed by atoms with Crippen LogP contribution in [-0.4, -0.2) is 51.0 Å². The summed E-state index contributed by atoms with van der Waals surface area (Å²) in [7, 11) is 1.53. The van der Waals surface area contributed by atoms with Crippen LogP contribution in [-0.2, 0) is 4.79 Å². The fourth-order valence-corrected chi connectivity index (χ4v) is 3.96. The maximum Gasteiger partial charge on any atom is 0.325 e. The molecule has 0 bridgehead atoms. The Morgan fingerprint density at radius 3 is 2.69 bits per heavy atom. The molecule has 32 heavy (non-hydrogen) atoms. The number of carboxylic acids is 1. The average molecular weight is 481 g/mol. The van der Waals surface area contributed by atoms with E-state index in [1.54, 1.807) is 18.2 Å². The maximum atomic E-state index is 12.3. The Balaban J connectivity index is 0.00000181. The van der Waals surface area contributed by atoms with Gasteiger partial charge in [-0.15, -0.1) is 29.9 Å². The normalized spacial score (nSPS) is 18.7. The Kier molecular flexibility index (Phi) is 9.40. The van der Waals surface area contributed by atoms with Crippen molar-refractivity contribution in [2.75, 3.05) is 13.7 Å². The number of ether oxygens (including phenoxy) is 1. The van der Waals surface area contributed by atoms with E-state index in [0.717, 1.165) is 24.9 Å². The predicted molar refractivity (Wildman–Crippen MR) is 124 cm³/mol. The Morgan fingerprint density at radius 2 is 2.03 bits per heavy atom. The Hall–Kier alpha value is -2.72. The van der Waals surface area contributed by atoms with Gasteiger partial charge in [-0.1, -0.05) is 30.3 Å². The average Bonchev–Trinajstić information content (AvgIpc) is 3.33. The van der Waals surface area contributed by atoms with Crippen molar-refractivity contribution >= 4 is 30.8 Å². The molecule has 1 aromatic heterocycles. The van der Waals surface area contributed by atoms with Gasteiger partial charge in [0, 0.05) is 17.6 Å². The molecule has 3 atom stereocenters. The number of tetrazole rings is 1. The lowest BCUT2D eigenvalue weighted by atomic mass is 9.91. The van der Waals surface area contributed by atoms with Crippen LogP contribution in [0.2, 0.25) is 0 Å². The lowest BCUT2D eigenvalue weighted by Gasteiger charge is -2.35. The van der Waals surface area contributed by atoms with Crippen LogP contribution in [0.5, 0.6) is 5.75 Å². The number of benzene rings is 2. The van der Waals surface area contributed by atoms with E-state index in [0.29, 0.717) is 17.0 Å². The van der Waals surface area contributed by atoms with Crippen molar-refractivity contribution < 1.29 is 14.6 Å². The second kappa shape index (κ2) is 11.8. The predicted octanol–water partition coefficient (Wildman–Crippen LogP) is 2.72. The molecule has 0 saturated carbocycles. The summed E-state index contributed by atoms with van der Waals surface area (Å²) >= 11 is 0. The third-order valence-corrected chi connectivity index (χ3v) is 5.38. The van der Waals surface area contributed by atoms with Crippen molar-refractivity contribution in [1.29, 1.82) is 0 Å². The highest BCUT2D eigenvalue weighted by Crippen LogP contribution is 2.31. The largest absolute Gasteiger partial charge is 0.496 e. The number of rotatable bonds is 7. The molecule has 172 valence electrons. The minimum absolute atomic E-state index is 0. The molecule has 0 aliphatic carbocycles. The number of carbonyl (C=O) groups is 1. The van der Waals surface area contributed by atoms with Gasteiger partial charge < -0.3 is 15.2 Å². The summed E-state index contributed by atoms with van der Waals surface area (Å²) in [6.07, 6.45) is 3.30. The molecule has 0 spiro atoms. The van der Waals surface area contributed by atoms with Gasteiger partial charge in [0.2, 0.25) is 0 Å². The lowest BCUT2D eigenvalue weighted by molar-refractivity contribution is -0.140. The minimum atomic E-state index is -0.973. The molecule has 3 unspecified atom stereocenters. The smallest absolute Gasteiger partial charge is 0.325 e. The van der Waals surface area contributed by atoms with Crippen molar-refractivity contribution in [3.63, 3.8) is 0 Å². The number of methoxy groups -OCH3 is 1. The van der Waals surface area contributed by atoms with Crippen LogP contribution in [0.3, 0.4) is 0 Å². The number of hydrogen-bond donors (Lipinski definition) is 3. The summed E-state index contributed by atoms with van der Waals surface area (Å²) < 4.78 is 6.95. The molecule has 4 rings (SSSR count). The van der Waals surface area contributed by atoms with Crippen molar-refractivity contribution in [3.05, 3.63) is 66.0 Å². The Bertz CT molecular complexity index is 990. The molecule has 3 N–H and O–H groups in total. The van der Waals surface area contributed by atoms with Crippen LogP contribution >= 0.6 is 24.8 Å². The molecule has 2 heterocycles. The van der Waals surface area contributed by atoms with Gasteiger partial charge in [-0.05, 0) is 53.6 Å². The monoisotopic (exact) mass is 480 g/mol. The Morgan fingerprint density at radius 1 is 1.25 bits per heavy atom. The quantitative estimate of drug-likeness (QED) is 0.472. The topological polar surface area (TPSA) is 114 Å². The van der Waals surface area contributed by atoms with E-state index >= 15 is 0 Å². The SMILES string of the molecule is COc1ccc(-n2cnnn2)cc1C(NC1CCCNC1c1ccccc1)C(=O)O.Cl.Cl. The van der Waals surface area contributed by atoms with Gasteiger partial charge >= 0.3 is 5.97 Å². The van der Waals surface area contributed by atoms with Crippen LogP contribution in [0.25, 0.3) is 5.69 Å². The number of carboxylic acid groups (broad SMARTS) is 1. The first-order valence-electron chi connectivity index (χ1n) is 9.86. The van der Waals surface area contributed by atoms with E-state index in [9.17, 15) is 9.90 Å². The highest BCUT2D eigenvalue weighted by Gasteiger charge is 2.32. The van der Waals surface area contributed by atoms with Gasteiger partial charge in [0.05, 0.1) is 12.8 Å². The van der Waals surface area contributed by atoms with Gasteiger partial charge in [0.1, 0.15) is 18.1 Å². The van der Waals surface area contributed by atoms with Crippen LogP contribution in [0.15, 0.2) is 54.9 Å². The molecule has 2 aromatic carbocycles. The van der Waals surface area contributed by atoms with Crippen LogP contribution in [0.4, 0.5) is 0 Å². The molecule has 0 amide bonds. The number of hydrogen-bond acceptors (Lipinski definition) is 7. The van der Waals surface area contributed by atoms with Crippen molar-refractivity contribution in [1.82, 2.24) is 30.8 Å². The molecule has 3 aromatic rings. The summed E-state index contributed by atoms with van der Waals surface area (Å²) in [4.78, 5) is 12.3. The van der Waals surface area contributed by atoms with Gasteiger partial charge in [0.15, 0.2) is 0 Å².